The molecule has 3 aliphatic rings. The Kier molecular flexibility index (Phi) is 6.46. The maximum atomic E-state index is 13.8. The van der Waals surface area contributed by atoms with Crippen LogP contribution in [0.4, 0.5) is 0 Å². The number of amides is 2. The number of aromatic nitrogens is 1. The van der Waals surface area contributed by atoms with Gasteiger partial charge in [0.2, 0.25) is 5.91 Å². The van der Waals surface area contributed by atoms with Gasteiger partial charge < -0.3 is 19.7 Å². The Balaban J connectivity index is 1.44. The summed E-state index contributed by atoms with van der Waals surface area (Å²) in [6, 6.07) is 10.3. The molecule has 1 aliphatic carbocycles. The standard InChI is InChI=1S/C27H38N4O2/c1-27(26(33)28-22-12-5-4-6-13-22)20-30-23-14-8-7-11-21(23)19-24(30)25(32)31(27)18-17-29-15-9-2-3-10-16-29/h7-8,11,14,19,22H,2-6,9-10,12-13,15-18,20H2,1H3,(H,28,33)/t27-/m1/s1. The van der Waals surface area contributed by atoms with Crippen molar-refractivity contribution in [1.29, 1.82) is 0 Å². The second-order valence-corrected chi connectivity index (χ2v) is 10.5. The highest BCUT2D eigenvalue weighted by molar-refractivity contribution is 6.03. The molecule has 1 saturated carbocycles. The van der Waals surface area contributed by atoms with E-state index in [1.165, 1.54) is 44.9 Å². The van der Waals surface area contributed by atoms with E-state index in [4.69, 9.17) is 0 Å². The molecule has 1 saturated heterocycles. The normalized spacial score (nSPS) is 25.1. The van der Waals surface area contributed by atoms with Crippen molar-refractivity contribution in [3.8, 4) is 0 Å². The molecule has 0 unspecified atom stereocenters. The Morgan fingerprint density at radius 1 is 1.00 bits per heavy atom. The summed E-state index contributed by atoms with van der Waals surface area (Å²) in [4.78, 5) is 32.0. The zero-order valence-electron chi connectivity index (χ0n) is 20.0. The van der Waals surface area contributed by atoms with Crippen LogP contribution in [0.2, 0.25) is 0 Å². The first kappa shape index (κ1) is 22.5. The molecule has 3 heterocycles. The van der Waals surface area contributed by atoms with E-state index in [0.717, 1.165) is 43.4 Å². The number of likely N-dealkylation sites (tertiary alicyclic amines) is 1. The molecule has 1 N–H and O–H groups in total. The van der Waals surface area contributed by atoms with Crippen LogP contribution < -0.4 is 5.32 Å². The molecule has 1 aromatic heterocycles. The lowest BCUT2D eigenvalue weighted by atomic mass is 9.91. The Morgan fingerprint density at radius 2 is 1.70 bits per heavy atom. The van der Waals surface area contributed by atoms with Crippen LogP contribution in [-0.2, 0) is 11.3 Å². The average molecular weight is 451 g/mol. The summed E-state index contributed by atoms with van der Waals surface area (Å²) in [7, 11) is 0. The van der Waals surface area contributed by atoms with Crippen molar-refractivity contribution in [2.75, 3.05) is 26.2 Å². The summed E-state index contributed by atoms with van der Waals surface area (Å²) < 4.78 is 2.07. The summed E-state index contributed by atoms with van der Waals surface area (Å²) in [6.45, 7) is 6.08. The van der Waals surface area contributed by atoms with Crippen LogP contribution in [0.5, 0.6) is 0 Å². The van der Waals surface area contributed by atoms with E-state index in [1.807, 2.05) is 30.0 Å². The van der Waals surface area contributed by atoms with Gasteiger partial charge in [0, 0.05) is 30.0 Å². The quantitative estimate of drug-likeness (QED) is 0.743. The number of carbonyl (C=O) groups is 2. The monoisotopic (exact) mass is 450 g/mol. The molecule has 0 radical (unpaired) electrons. The number of rotatable bonds is 5. The van der Waals surface area contributed by atoms with Gasteiger partial charge in [-0.3, -0.25) is 9.59 Å². The van der Waals surface area contributed by atoms with Crippen molar-refractivity contribution >= 4 is 22.7 Å². The number of para-hydroxylation sites is 1. The molecule has 2 amide bonds. The summed E-state index contributed by atoms with van der Waals surface area (Å²) >= 11 is 0. The van der Waals surface area contributed by atoms with E-state index >= 15 is 0 Å². The van der Waals surface area contributed by atoms with Crippen LogP contribution >= 0.6 is 0 Å². The van der Waals surface area contributed by atoms with Crippen LogP contribution in [0, 0.1) is 0 Å². The number of hydrogen-bond acceptors (Lipinski definition) is 3. The SMILES string of the molecule is C[C@]1(C(=O)NC2CCCCC2)Cn2c(cc3ccccc32)C(=O)N1CCN1CCCCCC1. The molecule has 6 nitrogen and oxygen atoms in total. The number of hydrogen-bond donors (Lipinski definition) is 1. The van der Waals surface area contributed by atoms with Crippen molar-refractivity contribution in [2.24, 2.45) is 0 Å². The third-order valence-electron chi connectivity index (χ3n) is 8.10. The lowest BCUT2D eigenvalue weighted by Crippen LogP contribution is -2.65. The maximum Gasteiger partial charge on any atom is 0.271 e. The Hall–Kier alpha value is -2.34. The van der Waals surface area contributed by atoms with Gasteiger partial charge in [0.25, 0.3) is 5.91 Å². The lowest BCUT2D eigenvalue weighted by Gasteiger charge is -2.45. The van der Waals surface area contributed by atoms with Gasteiger partial charge in [0.05, 0.1) is 6.54 Å². The highest BCUT2D eigenvalue weighted by Gasteiger charge is 2.48. The predicted octanol–water partition coefficient (Wildman–Crippen LogP) is 4.18. The molecule has 6 heteroatoms. The molecule has 5 rings (SSSR count). The molecule has 2 aliphatic heterocycles. The van der Waals surface area contributed by atoms with Gasteiger partial charge in [-0.05, 0) is 57.8 Å². The summed E-state index contributed by atoms with van der Waals surface area (Å²) in [6.07, 6.45) is 10.7. The smallest absolute Gasteiger partial charge is 0.271 e. The third kappa shape index (κ3) is 4.42. The molecule has 2 fully saturated rings. The van der Waals surface area contributed by atoms with E-state index in [-0.39, 0.29) is 17.9 Å². The minimum absolute atomic E-state index is 0.00190. The van der Waals surface area contributed by atoms with Gasteiger partial charge in [-0.25, -0.2) is 0 Å². The number of nitrogens with one attached hydrogen (secondary N) is 1. The second kappa shape index (κ2) is 9.49. The van der Waals surface area contributed by atoms with Crippen molar-refractivity contribution < 1.29 is 9.59 Å². The molecule has 0 bridgehead atoms. The lowest BCUT2D eigenvalue weighted by molar-refractivity contribution is -0.133. The van der Waals surface area contributed by atoms with Gasteiger partial charge in [-0.1, -0.05) is 50.3 Å². The summed E-state index contributed by atoms with van der Waals surface area (Å²) in [5.41, 5.74) is 0.842. The van der Waals surface area contributed by atoms with Crippen LogP contribution in [0.1, 0.15) is 75.2 Å². The molecule has 0 spiro atoms. The molecule has 2 aromatic rings. The molecule has 33 heavy (non-hydrogen) atoms. The first-order chi connectivity index (χ1) is 16.1. The van der Waals surface area contributed by atoms with Gasteiger partial charge in [-0.2, -0.15) is 0 Å². The predicted molar refractivity (Wildman–Crippen MR) is 131 cm³/mol. The average Bonchev–Trinajstić information content (AvgIpc) is 3.00. The van der Waals surface area contributed by atoms with Crippen molar-refractivity contribution in [1.82, 2.24) is 19.7 Å². The minimum atomic E-state index is -0.894. The molecular weight excluding hydrogens is 412 g/mol. The number of carbonyl (C=O) groups excluding carboxylic acids is 2. The summed E-state index contributed by atoms with van der Waals surface area (Å²) in [5, 5.41) is 4.40. The van der Waals surface area contributed by atoms with E-state index in [1.54, 1.807) is 0 Å². The van der Waals surface area contributed by atoms with Crippen molar-refractivity contribution in [3.63, 3.8) is 0 Å². The Morgan fingerprint density at radius 3 is 2.45 bits per heavy atom. The van der Waals surface area contributed by atoms with E-state index in [2.05, 4.69) is 26.9 Å². The highest BCUT2D eigenvalue weighted by Crippen LogP contribution is 2.33. The molecule has 1 aromatic carbocycles. The first-order valence-corrected chi connectivity index (χ1v) is 13.0. The van der Waals surface area contributed by atoms with Crippen LogP contribution in [0.15, 0.2) is 30.3 Å². The fourth-order valence-corrected chi connectivity index (χ4v) is 6.05. The first-order valence-electron chi connectivity index (χ1n) is 13.0. The topological polar surface area (TPSA) is 57.6 Å². The van der Waals surface area contributed by atoms with Crippen LogP contribution in [-0.4, -0.2) is 63.9 Å². The Labute approximate surface area is 197 Å². The van der Waals surface area contributed by atoms with E-state index < -0.39 is 5.54 Å². The van der Waals surface area contributed by atoms with Gasteiger partial charge in [0.15, 0.2) is 0 Å². The largest absolute Gasteiger partial charge is 0.351 e. The van der Waals surface area contributed by atoms with Crippen molar-refractivity contribution in [3.05, 3.63) is 36.0 Å². The van der Waals surface area contributed by atoms with Gasteiger partial charge in [-0.15, -0.1) is 0 Å². The Bertz CT molecular complexity index is 1000. The molecule has 1 atom stereocenters. The van der Waals surface area contributed by atoms with Crippen LogP contribution in [0.3, 0.4) is 0 Å². The highest BCUT2D eigenvalue weighted by atomic mass is 16.2. The maximum absolute atomic E-state index is 13.8. The van der Waals surface area contributed by atoms with Crippen LogP contribution in [0.25, 0.3) is 10.9 Å². The fourth-order valence-electron chi connectivity index (χ4n) is 6.05. The van der Waals surface area contributed by atoms with Gasteiger partial charge >= 0.3 is 0 Å². The number of benzene rings is 1. The van der Waals surface area contributed by atoms with E-state index in [9.17, 15) is 9.59 Å². The zero-order valence-corrected chi connectivity index (χ0v) is 20.0. The van der Waals surface area contributed by atoms with Crippen molar-refractivity contribution in [2.45, 2.75) is 82.8 Å². The summed E-state index contributed by atoms with van der Waals surface area (Å²) in [5.74, 6) is -0.0180. The van der Waals surface area contributed by atoms with E-state index in [0.29, 0.717) is 18.8 Å². The third-order valence-corrected chi connectivity index (χ3v) is 8.10. The minimum Gasteiger partial charge on any atom is -0.351 e. The second-order valence-electron chi connectivity index (χ2n) is 10.5. The zero-order chi connectivity index (χ0) is 22.8. The fraction of sp³-hybridized carbons (Fsp3) is 0.630. The number of nitrogens with zero attached hydrogens (tertiary/aromatic N) is 3. The number of fused-ring (bicyclic) bond motifs is 3. The van der Waals surface area contributed by atoms with Gasteiger partial charge in [0.1, 0.15) is 11.2 Å². The molecular formula is C27H38N4O2. The molecule has 178 valence electrons.